The van der Waals surface area contributed by atoms with Gasteiger partial charge in [-0.3, -0.25) is 0 Å². The summed E-state index contributed by atoms with van der Waals surface area (Å²) in [5.74, 6) is 1.06. The van der Waals surface area contributed by atoms with Crippen molar-refractivity contribution in [2.45, 2.75) is 26.7 Å². The molecule has 0 saturated heterocycles. The lowest BCUT2D eigenvalue weighted by Gasteiger charge is -1.87. The molecule has 0 radical (unpaired) electrons. The van der Waals surface area contributed by atoms with Gasteiger partial charge in [0.2, 0.25) is 0 Å². The minimum Gasteiger partial charge on any atom is -0.338 e. The summed E-state index contributed by atoms with van der Waals surface area (Å²) in [5.41, 5.74) is 0. The lowest BCUT2D eigenvalue weighted by Crippen LogP contribution is -1.86. The zero-order valence-electron chi connectivity index (χ0n) is 8.05. The van der Waals surface area contributed by atoms with E-state index < -0.39 is 0 Å². The number of unbranched alkanes of at least 4 members (excludes halogenated alkanes) is 1. The fourth-order valence-electron chi connectivity index (χ4n) is 0.574. The van der Waals surface area contributed by atoms with E-state index in [1.807, 2.05) is 24.7 Å². The van der Waals surface area contributed by atoms with Crippen molar-refractivity contribution in [2.24, 2.45) is 7.05 Å². The largest absolute Gasteiger partial charge is 0.338 e. The molecule has 0 spiro atoms. The second kappa shape index (κ2) is 7.35. The molecule has 0 amide bonds. The highest BCUT2D eigenvalue weighted by molar-refractivity contribution is 9.09. The van der Waals surface area contributed by atoms with E-state index in [2.05, 4.69) is 27.8 Å². The van der Waals surface area contributed by atoms with E-state index in [9.17, 15) is 0 Å². The summed E-state index contributed by atoms with van der Waals surface area (Å²) in [4.78, 5) is 3.98. The maximum atomic E-state index is 3.98. The van der Waals surface area contributed by atoms with Crippen molar-refractivity contribution in [3.63, 3.8) is 0 Å². The number of imidazole rings is 1. The van der Waals surface area contributed by atoms with Gasteiger partial charge in [0.1, 0.15) is 5.82 Å². The molecule has 0 fully saturated rings. The van der Waals surface area contributed by atoms with Crippen LogP contribution in [0.25, 0.3) is 0 Å². The van der Waals surface area contributed by atoms with Crippen LogP contribution in [-0.2, 0) is 7.05 Å². The predicted molar refractivity (Wildman–Crippen MR) is 56.6 cm³/mol. The van der Waals surface area contributed by atoms with Crippen LogP contribution in [0.4, 0.5) is 0 Å². The van der Waals surface area contributed by atoms with Gasteiger partial charge in [-0.05, 0) is 13.3 Å². The minimum atomic E-state index is 1.06. The smallest absolute Gasteiger partial charge is 0.105 e. The summed E-state index contributed by atoms with van der Waals surface area (Å²) in [7, 11) is 1.97. The molecule has 1 rings (SSSR count). The number of hydrogen-bond donors (Lipinski definition) is 0. The molecule has 2 nitrogen and oxygen atoms in total. The average Bonchev–Trinajstić information content (AvgIpc) is 2.39. The van der Waals surface area contributed by atoms with Crippen LogP contribution in [0.3, 0.4) is 0 Å². The zero-order valence-corrected chi connectivity index (χ0v) is 9.63. The number of halogens is 1. The van der Waals surface area contributed by atoms with E-state index >= 15 is 0 Å². The Hall–Kier alpha value is -0.310. The summed E-state index contributed by atoms with van der Waals surface area (Å²) >= 11 is 3.31. The molecule has 0 saturated carbocycles. The topological polar surface area (TPSA) is 17.8 Å². The number of alkyl halides is 1. The van der Waals surface area contributed by atoms with E-state index in [1.165, 1.54) is 12.8 Å². The summed E-state index contributed by atoms with van der Waals surface area (Å²) in [5, 5.41) is 1.16. The second-order valence-corrected chi connectivity index (χ2v) is 3.42. The summed E-state index contributed by atoms with van der Waals surface area (Å²) in [6.07, 6.45) is 6.32. The number of rotatable bonds is 2. The molecule has 1 aromatic rings. The molecular formula is C9H17BrN2. The van der Waals surface area contributed by atoms with Crippen LogP contribution >= 0.6 is 15.9 Å². The summed E-state index contributed by atoms with van der Waals surface area (Å²) in [6.45, 7) is 4.15. The molecule has 0 bridgehead atoms. The van der Waals surface area contributed by atoms with Gasteiger partial charge in [0, 0.05) is 24.8 Å². The van der Waals surface area contributed by atoms with E-state index in [1.54, 1.807) is 6.20 Å². The second-order valence-electron chi connectivity index (χ2n) is 2.63. The third-order valence-electron chi connectivity index (χ3n) is 1.55. The lowest BCUT2D eigenvalue weighted by atomic mass is 10.4. The minimum absolute atomic E-state index is 1.06. The molecule has 1 heterocycles. The molecule has 12 heavy (non-hydrogen) atoms. The van der Waals surface area contributed by atoms with Gasteiger partial charge in [-0.1, -0.05) is 29.3 Å². The van der Waals surface area contributed by atoms with Crippen LogP contribution in [0.2, 0.25) is 0 Å². The standard InChI is InChI=1S/C5H8N2.C4H9Br/c1-5-6-3-4-7(5)2;1-2-3-4-5/h3-4H,1-2H3;2-4H2,1H3. The van der Waals surface area contributed by atoms with E-state index in [4.69, 9.17) is 0 Å². The van der Waals surface area contributed by atoms with Crippen molar-refractivity contribution in [1.29, 1.82) is 0 Å². The molecule has 0 atom stereocenters. The first kappa shape index (κ1) is 11.7. The molecule has 0 aliphatic heterocycles. The van der Waals surface area contributed by atoms with Crippen molar-refractivity contribution in [1.82, 2.24) is 9.55 Å². The highest BCUT2D eigenvalue weighted by atomic mass is 79.9. The fourth-order valence-corrected chi connectivity index (χ4v) is 1.13. The Kier molecular flexibility index (Phi) is 7.16. The van der Waals surface area contributed by atoms with E-state index in [0.717, 1.165) is 11.2 Å². The van der Waals surface area contributed by atoms with Crippen LogP contribution < -0.4 is 0 Å². The van der Waals surface area contributed by atoms with Crippen LogP contribution in [0.15, 0.2) is 12.4 Å². The fraction of sp³-hybridized carbons (Fsp3) is 0.667. The normalized spacial score (nSPS) is 9.00. The Labute approximate surface area is 83.1 Å². The van der Waals surface area contributed by atoms with Gasteiger partial charge in [-0.25, -0.2) is 4.98 Å². The Morgan fingerprint density at radius 3 is 2.33 bits per heavy atom. The molecule has 0 aliphatic rings. The third-order valence-corrected chi connectivity index (χ3v) is 2.11. The van der Waals surface area contributed by atoms with E-state index in [0.29, 0.717) is 0 Å². The molecule has 0 aromatic carbocycles. The molecule has 0 unspecified atom stereocenters. The number of aromatic nitrogens is 2. The molecule has 1 aromatic heterocycles. The van der Waals surface area contributed by atoms with Crippen molar-refractivity contribution in [2.75, 3.05) is 5.33 Å². The Morgan fingerprint density at radius 2 is 2.25 bits per heavy atom. The van der Waals surface area contributed by atoms with Crippen LogP contribution in [0.5, 0.6) is 0 Å². The van der Waals surface area contributed by atoms with Gasteiger partial charge in [-0.2, -0.15) is 0 Å². The predicted octanol–water partition coefficient (Wildman–Crippen LogP) is 2.91. The van der Waals surface area contributed by atoms with Crippen molar-refractivity contribution < 1.29 is 0 Å². The number of nitrogens with zero attached hydrogens (tertiary/aromatic N) is 2. The first-order valence-corrected chi connectivity index (χ1v) is 5.34. The molecular weight excluding hydrogens is 216 g/mol. The summed E-state index contributed by atoms with van der Waals surface area (Å²) < 4.78 is 1.97. The zero-order chi connectivity index (χ0) is 9.40. The SMILES string of the molecule is CCCCBr.Cc1nccn1C. The number of hydrogen-bond acceptors (Lipinski definition) is 1. The van der Waals surface area contributed by atoms with Gasteiger partial charge >= 0.3 is 0 Å². The van der Waals surface area contributed by atoms with E-state index in [-0.39, 0.29) is 0 Å². The first-order valence-electron chi connectivity index (χ1n) is 4.22. The highest BCUT2D eigenvalue weighted by Gasteiger charge is 1.83. The summed E-state index contributed by atoms with van der Waals surface area (Å²) in [6, 6.07) is 0. The molecule has 0 aliphatic carbocycles. The van der Waals surface area contributed by atoms with Crippen molar-refractivity contribution in [3.05, 3.63) is 18.2 Å². The van der Waals surface area contributed by atoms with Gasteiger partial charge < -0.3 is 4.57 Å². The van der Waals surface area contributed by atoms with Gasteiger partial charge in [0.25, 0.3) is 0 Å². The highest BCUT2D eigenvalue weighted by Crippen LogP contribution is 1.89. The average molecular weight is 233 g/mol. The Balaban J connectivity index is 0.000000217. The Bertz CT molecular complexity index is 178. The maximum absolute atomic E-state index is 3.98. The molecule has 0 N–H and O–H groups in total. The molecule has 3 heteroatoms. The van der Waals surface area contributed by atoms with Gasteiger partial charge in [0.15, 0.2) is 0 Å². The van der Waals surface area contributed by atoms with Gasteiger partial charge in [-0.15, -0.1) is 0 Å². The molecule has 70 valence electrons. The maximum Gasteiger partial charge on any atom is 0.105 e. The van der Waals surface area contributed by atoms with Crippen molar-refractivity contribution in [3.8, 4) is 0 Å². The Morgan fingerprint density at radius 1 is 1.58 bits per heavy atom. The van der Waals surface area contributed by atoms with Gasteiger partial charge in [0.05, 0.1) is 0 Å². The first-order chi connectivity index (χ1) is 5.72. The monoisotopic (exact) mass is 232 g/mol. The van der Waals surface area contributed by atoms with Crippen molar-refractivity contribution >= 4 is 15.9 Å². The lowest BCUT2D eigenvalue weighted by molar-refractivity contribution is 0.858. The third kappa shape index (κ3) is 5.35. The van der Waals surface area contributed by atoms with Crippen LogP contribution in [-0.4, -0.2) is 14.9 Å². The van der Waals surface area contributed by atoms with Crippen LogP contribution in [0.1, 0.15) is 25.6 Å². The quantitative estimate of drug-likeness (QED) is 0.718. The van der Waals surface area contributed by atoms with Crippen LogP contribution in [0, 0.1) is 6.92 Å². The number of aryl methyl sites for hydroxylation is 2.